The molecule has 0 radical (unpaired) electrons. The summed E-state index contributed by atoms with van der Waals surface area (Å²) >= 11 is 0. The minimum absolute atomic E-state index is 0.0322. The molecule has 1 saturated heterocycles. The lowest BCUT2D eigenvalue weighted by atomic mass is 9.86. The Morgan fingerprint density at radius 3 is 2.38 bits per heavy atom. The summed E-state index contributed by atoms with van der Waals surface area (Å²) in [4.78, 5) is 22.3. The number of ether oxygens (including phenoxy) is 2. The largest absolute Gasteiger partial charge is 0.550 e. The zero-order chi connectivity index (χ0) is 25.7. The average Bonchev–Trinajstić information content (AvgIpc) is 2.77. The summed E-state index contributed by atoms with van der Waals surface area (Å²) in [5.41, 5.74) is 0.257. The highest BCUT2D eigenvalue weighted by molar-refractivity contribution is 5.82. The number of unbranched alkanes of at least 4 members (excludes halogenated alkanes) is 4. The monoisotopic (exact) mass is 485 g/mol. The summed E-state index contributed by atoms with van der Waals surface area (Å²) in [5.74, 6) is -2.05. The van der Waals surface area contributed by atoms with Crippen LogP contribution < -0.4 is 5.11 Å². The minimum Gasteiger partial charge on any atom is -0.550 e. The van der Waals surface area contributed by atoms with E-state index in [1.54, 1.807) is 6.92 Å². The van der Waals surface area contributed by atoms with E-state index in [1.807, 2.05) is 19.1 Å². The zero-order valence-corrected chi connectivity index (χ0v) is 20.5. The van der Waals surface area contributed by atoms with Gasteiger partial charge in [0.2, 0.25) is 0 Å². The minimum atomic E-state index is -1.33. The predicted molar refractivity (Wildman–Crippen MR) is 123 cm³/mol. The maximum absolute atomic E-state index is 12.0. The lowest BCUT2D eigenvalue weighted by molar-refractivity contribution is -0.305. The van der Waals surface area contributed by atoms with Crippen molar-refractivity contribution in [1.82, 2.24) is 0 Å². The second-order valence-corrected chi connectivity index (χ2v) is 9.19. The molecule has 4 N–H and O–H groups in total. The second kappa shape index (κ2) is 16.0. The Hall–Kier alpha value is -1.78. The fourth-order valence-electron chi connectivity index (χ4n) is 3.67. The Bertz CT molecular complexity index is 673. The van der Waals surface area contributed by atoms with Crippen LogP contribution in [0, 0.1) is 11.8 Å². The number of hydrogen-bond donors (Lipinski definition) is 4. The molecule has 1 fully saturated rings. The van der Waals surface area contributed by atoms with E-state index in [0.717, 1.165) is 25.3 Å². The van der Waals surface area contributed by atoms with Crippen molar-refractivity contribution in [2.24, 2.45) is 11.8 Å². The average molecular weight is 486 g/mol. The van der Waals surface area contributed by atoms with Gasteiger partial charge in [-0.15, -0.1) is 0 Å². The lowest BCUT2D eigenvalue weighted by Gasteiger charge is -2.39. The molecule has 0 saturated carbocycles. The van der Waals surface area contributed by atoms with Crippen LogP contribution in [0.2, 0.25) is 0 Å². The Balaban J connectivity index is 2.41. The summed E-state index contributed by atoms with van der Waals surface area (Å²) in [6.45, 7) is 5.44. The van der Waals surface area contributed by atoms with Gasteiger partial charge in [-0.25, -0.2) is 4.79 Å². The molecule has 1 aliphatic heterocycles. The number of aliphatic hydroxyl groups excluding tert-OH is 4. The molecule has 0 aromatic carbocycles. The summed E-state index contributed by atoms with van der Waals surface area (Å²) < 4.78 is 10.8. The molecule has 9 heteroatoms. The molecule has 196 valence electrons. The summed E-state index contributed by atoms with van der Waals surface area (Å²) in [5, 5.41) is 51.4. The van der Waals surface area contributed by atoms with Crippen LogP contribution in [0.25, 0.3) is 0 Å². The van der Waals surface area contributed by atoms with Crippen LogP contribution in [-0.2, 0) is 19.1 Å². The van der Waals surface area contributed by atoms with E-state index < -0.39 is 42.5 Å². The lowest BCUT2D eigenvalue weighted by Crippen LogP contribution is -2.54. The number of rotatable bonds is 15. The van der Waals surface area contributed by atoms with Gasteiger partial charge < -0.3 is 39.8 Å². The highest BCUT2D eigenvalue weighted by Gasteiger charge is 2.41. The summed E-state index contributed by atoms with van der Waals surface area (Å²) in [6.07, 6.45) is 3.73. The third-order valence-electron chi connectivity index (χ3n) is 6.20. The fraction of sp³-hybridized carbons (Fsp3) is 0.760. The molecule has 0 spiro atoms. The van der Waals surface area contributed by atoms with Crippen molar-refractivity contribution in [2.75, 3.05) is 13.2 Å². The van der Waals surface area contributed by atoms with Gasteiger partial charge in [0.1, 0.15) is 18.3 Å². The van der Waals surface area contributed by atoms with Gasteiger partial charge in [0.15, 0.2) is 0 Å². The number of allylic oxidation sites excluding steroid dienone is 1. The third kappa shape index (κ3) is 11.1. The van der Waals surface area contributed by atoms with Crippen LogP contribution in [0.3, 0.4) is 0 Å². The van der Waals surface area contributed by atoms with Crippen LogP contribution in [-0.4, -0.2) is 76.1 Å². The number of carbonyl (C=O) groups is 2. The van der Waals surface area contributed by atoms with Crippen molar-refractivity contribution >= 4 is 11.9 Å². The standard InChI is InChI=1S/C25H42O9/c1-16(18(3)26)10-9-11-19-15-34-25(24(32)23(19)31)22(30)17(2)14-21(29)33-13-8-6-4-5-7-12-20(27)28/h9-10,14,16,18-19,22-26,30-32H,4-8,11-13,15H2,1-3H3,(H,27,28)/p-1/b10-9+,17-14+/t16-,18+,19+,22-,23-,24-,25+/m1/s1. The van der Waals surface area contributed by atoms with Crippen LogP contribution in [0.1, 0.15) is 65.7 Å². The molecule has 1 rings (SSSR count). The van der Waals surface area contributed by atoms with Gasteiger partial charge in [0, 0.05) is 18.0 Å². The fourth-order valence-corrected chi connectivity index (χ4v) is 3.67. The zero-order valence-electron chi connectivity index (χ0n) is 20.5. The number of aliphatic carboxylic acids is 1. The van der Waals surface area contributed by atoms with Crippen molar-refractivity contribution in [3.63, 3.8) is 0 Å². The van der Waals surface area contributed by atoms with Gasteiger partial charge in [0.25, 0.3) is 0 Å². The summed E-state index contributed by atoms with van der Waals surface area (Å²) in [6, 6.07) is 0. The first-order chi connectivity index (χ1) is 16.0. The molecule has 0 aromatic rings. The normalized spacial score (nSPS) is 26.3. The Morgan fingerprint density at radius 2 is 1.74 bits per heavy atom. The number of carbonyl (C=O) groups excluding carboxylic acids is 2. The van der Waals surface area contributed by atoms with Gasteiger partial charge in [-0.2, -0.15) is 0 Å². The number of hydrogen-bond acceptors (Lipinski definition) is 9. The maximum Gasteiger partial charge on any atom is 0.330 e. The first-order valence-corrected chi connectivity index (χ1v) is 12.1. The summed E-state index contributed by atoms with van der Waals surface area (Å²) in [7, 11) is 0. The van der Waals surface area contributed by atoms with Gasteiger partial charge >= 0.3 is 5.97 Å². The quantitative estimate of drug-likeness (QED) is 0.113. The molecule has 9 nitrogen and oxygen atoms in total. The molecule has 0 amide bonds. The van der Waals surface area contributed by atoms with E-state index in [1.165, 1.54) is 6.92 Å². The number of aliphatic hydroxyl groups is 4. The Morgan fingerprint density at radius 1 is 1.09 bits per heavy atom. The van der Waals surface area contributed by atoms with E-state index >= 15 is 0 Å². The van der Waals surface area contributed by atoms with Crippen LogP contribution >= 0.6 is 0 Å². The van der Waals surface area contributed by atoms with E-state index in [2.05, 4.69) is 0 Å². The molecule has 0 bridgehead atoms. The van der Waals surface area contributed by atoms with E-state index in [0.29, 0.717) is 19.3 Å². The highest BCUT2D eigenvalue weighted by Crippen LogP contribution is 2.27. The van der Waals surface area contributed by atoms with Crippen molar-refractivity contribution in [3.05, 3.63) is 23.8 Å². The highest BCUT2D eigenvalue weighted by atomic mass is 16.5. The predicted octanol–water partition coefficient (Wildman–Crippen LogP) is 0.627. The van der Waals surface area contributed by atoms with Crippen LogP contribution in [0.5, 0.6) is 0 Å². The van der Waals surface area contributed by atoms with Crippen molar-refractivity contribution in [2.45, 2.75) is 96.2 Å². The molecule has 34 heavy (non-hydrogen) atoms. The van der Waals surface area contributed by atoms with E-state index in [-0.39, 0.29) is 37.0 Å². The molecular formula is C25H41O9-. The molecule has 7 atom stereocenters. The van der Waals surface area contributed by atoms with E-state index in [4.69, 9.17) is 9.47 Å². The maximum atomic E-state index is 12.0. The Labute approximate surface area is 202 Å². The molecule has 1 heterocycles. The third-order valence-corrected chi connectivity index (χ3v) is 6.20. The Kier molecular flexibility index (Phi) is 14.2. The molecule has 0 aromatic heterocycles. The topological polar surface area (TPSA) is 157 Å². The second-order valence-electron chi connectivity index (χ2n) is 9.19. The molecule has 1 aliphatic rings. The molecule has 0 aliphatic carbocycles. The van der Waals surface area contributed by atoms with Gasteiger partial charge in [0.05, 0.1) is 25.4 Å². The van der Waals surface area contributed by atoms with Crippen molar-refractivity contribution < 1.29 is 44.6 Å². The van der Waals surface area contributed by atoms with Gasteiger partial charge in [-0.1, -0.05) is 38.3 Å². The van der Waals surface area contributed by atoms with Crippen LogP contribution in [0.4, 0.5) is 0 Å². The number of esters is 1. The van der Waals surface area contributed by atoms with Crippen molar-refractivity contribution in [1.29, 1.82) is 0 Å². The van der Waals surface area contributed by atoms with Crippen molar-refractivity contribution in [3.8, 4) is 0 Å². The number of carboxylic acids is 1. The SMILES string of the molecule is C/C(=C\C(=O)OCCCCCCCC(=O)[O-])[C@@H](O)[C@@H]1OC[C@H](C/C=C/[C@@H](C)[C@H](C)O)[C@@H](O)[C@H]1O. The van der Waals surface area contributed by atoms with Crippen LogP contribution in [0.15, 0.2) is 23.8 Å². The van der Waals surface area contributed by atoms with E-state index in [9.17, 15) is 35.1 Å². The van der Waals surface area contributed by atoms with Gasteiger partial charge in [-0.05, 0) is 51.0 Å². The first-order valence-electron chi connectivity index (χ1n) is 12.1. The van der Waals surface area contributed by atoms with Gasteiger partial charge in [-0.3, -0.25) is 0 Å². The number of carboxylic acid groups (broad SMARTS) is 1. The smallest absolute Gasteiger partial charge is 0.330 e. The first kappa shape index (κ1) is 30.3. The molecular weight excluding hydrogens is 444 g/mol. The molecule has 0 unspecified atom stereocenters.